The molecule has 0 amide bonds. The van der Waals surface area contributed by atoms with Gasteiger partial charge in [0.25, 0.3) is 0 Å². The molecule has 1 rings (SSSR count). The zero-order valence-corrected chi connectivity index (χ0v) is 17.2. The van der Waals surface area contributed by atoms with E-state index in [0.717, 1.165) is 11.3 Å². The summed E-state index contributed by atoms with van der Waals surface area (Å²) in [7, 11) is -3.16. The van der Waals surface area contributed by atoms with E-state index in [-0.39, 0.29) is 12.3 Å². The van der Waals surface area contributed by atoms with Crippen LogP contribution >= 0.6 is 0 Å². The van der Waals surface area contributed by atoms with Crippen molar-refractivity contribution in [3.05, 3.63) is 23.2 Å². The summed E-state index contributed by atoms with van der Waals surface area (Å²) in [6.45, 7) is 10.7. The van der Waals surface area contributed by atoms with Gasteiger partial charge in [0, 0.05) is 25.2 Å². The lowest BCUT2D eigenvalue weighted by atomic mass is 9.96. The van der Waals surface area contributed by atoms with Gasteiger partial charge in [-0.25, -0.2) is 18.1 Å². The number of aliphatic imine (C=N–C) groups is 1. The molecule has 26 heavy (non-hydrogen) atoms. The van der Waals surface area contributed by atoms with Crippen LogP contribution in [0.2, 0.25) is 0 Å². The van der Waals surface area contributed by atoms with Crippen molar-refractivity contribution in [3.63, 3.8) is 0 Å². The highest BCUT2D eigenvalue weighted by Crippen LogP contribution is 2.27. The molecule has 1 aromatic rings. The van der Waals surface area contributed by atoms with E-state index >= 15 is 0 Å². The van der Waals surface area contributed by atoms with Gasteiger partial charge in [-0.2, -0.15) is 0 Å². The monoisotopic (exact) mass is 388 g/mol. The van der Waals surface area contributed by atoms with Crippen LogP contribution in [-0.4, -0.2) is 51.4 Å². The van der Waals surface area contributed by atoms with E-state index in [1.165, 1.54) is 0 Å². The van der Waals surface area contributed by atoms with Crippen LogP contribution in [-0.2, 0) is 15.6 Å². The number of rotatable bonds is 10. The fourth-order valence-electron chi connectivity index (χ4n) is 2.45. The lowest BCUT2D eigenvalue weighted by Crippen LogP contribution is -2.40. The minimum atomic E-state index is -3.16. The van der Waals surface area contributed by atoms with Crippen LogP contribution < -0.4 is 15.4 Å². The molecule has 0 aliphatic carbocycles. The summed E-state index contributed by atoms with van der Waals surface area (Å²) in [5.74, 6) is 2.08. The molecule has 0 saturated carbocycles. The number of nitrogens with one attached hydrogen (secondary N) is 3. The highest BCUT2D eigenvalue weighted by Gasteiger charge is 2.27. The summed E-state index contributed by atoms with van der Waals surface area (Å²) in [5, 5.41) is 17.0. The lowest BCUT2D eigenvalue weighted by molar-refractivity contribution is 0.0657. The van der Waals surface area contributed by atoms with Crippen LogP contribution in [0.5, 0.6) is 0 Å². The second kappa shape index (κ2) is 9.94. The number of sulfonamides is 1. The van der Waals surface area contributed by atoms with Crippen molar-refractivity contribution in [2.45, 2.75) is 46.6 Å². The van der Waals surface area contributed by atoms with Crippen LogP contribution in [0.4, 0.5) is 0 Å². The molecule has 150 valence electrons. The van der Waals surface area contributed by atoms with Gasteiger partial charge in [-0.15, -0.1) is 0 Å². The summed E-state index contributed by atoms with van der Waals surface area (Å²) in [4.78, 5) is 4.44. The van der Waals surface area contributed by atoms with Gasteiger partial charge in [0.15, 0.2) is 5.96 Å². The summed E-state index contributed by atoms with van der Waals surface area (Å²) >= 11 is 0. The molecule has 0 aromatic carbocycles. The van der Waals surface area contributed by atoms with E-state index in [2.05, 4.69) is 20.3 Å². The molecule has 0 fully saturated rings. The number of furan rings is 1. The standard InChI is InChI=1S/C17H32N4O4S/c1-6-18-16(19-9-8-10-21-26(23,24)7-2)20-12-17(5,22)15-11-13(3)25-14(15)4/h11,21-22H,6-10,12H2,1-5H3,(H2,18,19,20). The van der Waals surface area contributed by atoms with Crippen LogP contribution in [0.1, 0.15) is 44.3 Å². The van der Waals surface area contributed by atoms with E-state index in [4.69, 9.17) is 4.42 Å². The smallest absolute Gasteiger partial charge is 0.211 e. The largest absolute Gasteiger partial charge is 0.466 e. The average molecular weight is 389 g/mol. The van der Waals surface area contributed by atoms with Gasteiger partial charge in [0.1, 0.15) is 17.1 Å². The third-order valence-corrected chi connectivity index (χ3v) is 5.26. The number of hydrogen-bond donors (Lipinski definition) is 4. The first-order valence-corrected chi connectivity index (χ1v) is 10.6. The minimum Gasteiger partial charge on any atom is -0.466 e. The number of aryl methyl sites for hydroxylation is 2. The van der Waals surface area contributed by atoms with Gasteiger partial charge in [-0.1, -0.05) is 0 Å². The maximum atomic E-state index is 11.4. The molecule has 8 nitrogen and oxygen atoms in total. The highest BCUT2D eigenvalue weighted by molar-refractivity contribution is 7.89. The molecule has 1 heterocycles. The van der Waals surface area contributed by atoms with Crippen molar-refractivity contribution in [2.24, 2.45) is 4.99 Å². The molecule has 1 atom stereocenters. The summed E-state index contributed by atoms with van der Waals surface area (Å²) in [6.07, 6.45) is 0.625. The Hall–Kier alpha value is -1.58. The summed E-state index contributed by atoms with van der Waals surface area (Å²) < 4.78 is 30.8. The first-order chi connectivity index (χ1) is 12.1. The Morgan fingerprint density at radius 3 is 2.50 bits per heavy atom. The summed E-state index contributed by atoms with van der Waals surface area (Å²) in [6, 6.07) is 1.82. The number of aliphatic hydroxyl groups is 1. The first-order valence-electron chi connectivity index (χ1n) is 8.90. The van der Waals surface area contributed by atoms with E-state index in [0.29, 0.717) is 37.8 Å². The maximum Gasteiger partial charge on any atom is 0.211 e. The second-order valence-electron chi connectivity index (χ2n) is 6.37. The molecular formula is C17H32N4O4S. The van der Waals surface area contributed by atoms with E-state index < -0.39 is 15.6 Å². The van der Waals surface area contributed by atoms with Crippen LogP contribution in [0.15, 0.2) is 15.5 Å². The van der Waals surface area contributed by atoms with Gasteiger partial charge in [-0.3, -0.25) is 0 Å². The second-order valence-corrected chi connectivity index (χ2v) is 8.47. The van der Waals surface area contributed by atoms with Crippen molar-refractivity contribution in [1.29, 1.82) is 0 Å². The predicted octanol–water partition coefficient (Wildman–Crippen LogP) is 0.988. The third kappa shape index (κ3) is 7.35. The Bertz CT molecular complexity index is 696. The number of hydrogen-bond acceptors (Lipinski definition) is 5. The molecule has 0 radical (unpaired) electrons. The Morgan fingerprint density at radius 1 is 1.27 bits per heavy atom. The Balaban J connectivity index is 2.58. The van der Waals surface area contributed by atoms with Gasteiger partial charge >= 0.3 is 0 Å². The van der Waals surface area contributed by atoms with Gasteiger partial charge in [-0.05, 0) is 47.1 Å². The fraction of sp³-hybridized carbons (Fsp3) is 0.706. The fourth-order valence-corrected chi connectivity index (χ4v) is 3.11. The Labute approximate surface area is 156 Å². The first kappa shape index (κ1) is 22.5. The predicted molar refractivity (Wildman–Crippen MR) is 104 cm³/mol. The molecule has 4 N–H and O–H groups in total. The van der Waals surface area contributed by atoms with E-state index in [9.17, 15) is 13.5 Å². The van der Waals surface area contributed by atoms with Crippen molar-refractivity contribution in [2.75, 3.05) is 31.9 Å². The lowest BCUT2D eigenvalue weighted by Gasteiger charge is -2.21. The maximum absolute atomic E-state index is 11.4. The van der Waals surface area contributed by atoms with Gasteiger partial charge < -0.3 is 20.2 Å². The van der Waals surface area contributed by atoms with Gasteiger partial charge in [0.2, 0.25) is 10.0 Å². The van der Waals surface area contributed by atoms with Crippen molar-refractivity contribution >= 4 is 16.0 Å². The van der Waals surface area contributed by atoms with Crippen LogP contribution in [0.3, 0.4) is 0 Å². The summed E-state index contributed by atoms with van der Waals surface area (Å²) in [5.41, 5.74) is -0.412. The van der Waals surface area contributed by atoms with Crippen molar-refractivity contribution in [1.82, 2.24) is 15.4 Å². The third-order valence-electron chi connectivity index (χ3n) is 3.86. The molecule has 0 saturated heterocycles. The highest BCUT2D eigenvalue weighted by atomic mass is 32.2. The minimum absolute atomic E-state index is 0.0759. The quantitative estimate of drug-likeness (QED) is 0.270. The average Bonchev–Trinajstić information content (AvgIpc) is 2.91. The molecule has 9 heteroatoms. The molecule has 0 aliphatic rings. The topological polar surface area (TPSA) is 116 Å². The van der Waals surface area contributed by atoms with E-state index in [1.807, 2.05) is 26.8 Å². The zero-order chi connectivity index (χ0) is 19.8. The molecular weight excluding hydrogens is 356 g/mol. The number of nitrogens with zero attached hydrogens (tertiary/aromatic N) is 1. The SMILES string of the molecule is CCNC(=NCC(C)(O)c1cc(C)oc1C)NCCCNS(=O)(=O)CC. The molecule has 0 bridgehead atoms. The molecule has 0 spiro atoms. The normalized spacial score (nSPS) is 14.9. The van der Waals surface area contributed by atoms with Crippen LogP contribution in [0, 0.1) is 13.8 Å². The number of guanidine groups is 1. The van der Waals surface area contributed by atoms with Crippen molar-refractivity contribution in [3.8, 4) is 0 Å². The molecule has 1 aromatic heterocycles. The van der Waals surface area contributed by atoms with Gasteiger partial charge in [0.05, 0.1) is 12.3 Å². The Kier molecular flexibility index (Phi) is 8.58. The molecule has 1 unspecified atom stereocenters. The van der Waals surface area contributed by atoms with Crippen LogP contribution in [0.25, 0.3) is 0 Å². The Morgan fingerprint density at radius 2 is 1.96 bits per heavy atom. The zero-order valence-electron chi connectivity index (χ0n) is 16.3. The van der Waals surface area contributed by atoms with E-state index in [1.54, 1.807) is 13.8 Å². The molecule has 0 aliphatic heterocycles. The van der Waals surface area contributed by atoms with Crippen molar-refractivity contribution < 1.29 is 17.9 Å².